The number of aryl methyl sites for hydroxylation is 1. The van der Waals surface area contributed by atoms with Crippen LogP contribution in [0.5, 0.6) is 0 Å². The highest BCUT2D eigenvalue weighted by atomic mass is 19.1. The van der Waals surface area contributed by atoms with Gasteiger partial charge in [-0.1, -0.05) is 105 Å². The average molecular weight is 674 g/mol. The molecule has 0 bridgehead atoms. The van der Waals surface area contributed by atoms with Crippen LogP contribution in [0.4, 0.5) is 15.8 Å². The fraction of sp³-hybridized carbons (Fsp3) is 0.238. The zero-order valence-corrected chi connectivity index (χ0v) is 29.3. The van der Waals surface area contributed by atoms with Gasteiger partial charge in [0.25, 0.3) is 5.56 Å². The number of aromatic nitrogens is 2. The van der Waals surface area contributed by atoms with Crippen molar-refractivity contribution in [2.75, 3.05) is 18.6 Å². The third kappa shape index (κ3) is 9.72. The van der Waals surface area contributed by atoms with E-state index in [2.05, 4.69) is 26.0 Å². The van der Waals surface area contributed by atoms with Gasteiger partial charge in [0.05, 0.1) is 29.6 Å². The Kier molecular flexibility index (Phi) is 14.0. The number of nitrogens with zero attached hydrogens (tertiary/aromatic N) is 3. The maximum Gasteiger partial charge on any atom is 0.262 e. The molecule has 1 heterocycles. The second-order valence-electron chi connectivity index (χ2n) is 12.0. The predicted octanol–water partition coefficient (Wildman–Crippen LogP) is 8.39. The number of hydrogen-bond donors (Lipinski definition) is 3. The van der Waals surface area contributed by atoms with Crippen molar-refractivity contribution in [1.29, 1.82) is 0 Å². The molecule has 0 aliphatic heterocycles. The van der Waals surface area contributed by atoms with Crippen LogP contribution in [0.2, 0.25) is 0 Å². The average Bonchev–Trinajstić information content (AvgIpc) is 3.17. The lowest BCUT2D eigenvalue weighted by Crippen LogP contribution is -2.28. The minimum atomic E-state index is -0.278. The second kappa shape index (κ2) is 18.6. The van der Waals surface area contributed by atoms with E-state index in [0.29, 0.717) is 16.7 Å². The van der Waals surface area contributed by atoms with Crippen LogP contribution < -0.4 is 21.9 Å². The lowest BCUT2D eigenvalue weighted by molar-refractivity contribution is 0.268. The fourth-order valence-corrected chi connectivity index (χ4v) is 5.67. The Hall–Kier alpha value is -5.15. The first-order chi connectivity index (χ1) is 24.2. The Labute approximate surface area is 294 Å². The smallest absolute Gasteiger partial charge is 0.262 e. The number of halogens is 1. The third-order valence-corrected chi connectivity index (χ3v) is 8.64. The Balaban J connectivity index is 0.000000228. The van der Waals surface area contributed by atoms with E-state index in [-0.39, 0.29) is 36.1 Å². The summed E-state index contributed by atoms with van der Waals surface area (Å²) in [7, 11) is 1.90. The first kappa shape index (κ1) is 37.7. The number of fused-ring (bicyclic) bond motifs is 1. The van der Waals surface area contributed by atoms with Crippen LogP contribution in [0, 0.1) is 12.7 Å². The molecule has 5 N–H and O–H groups in total. The van der Waals surface area contributed by atoms with E-state index in [1.807, 2.05) is 116 Å². The summed E-state index contributed by atoms with van der Waals surface area (Å²) in [5, 5.41) is 9.23. The van der Waals surface area contributed by atoms with Crippen LogP contribution in [0.15, 0.2) is 138 Å². The highest BCUT2D eigenvalue weighted by Gasteiger charge is 2.18. The molecule has 50 heavy (non-hydrogen) atoms. The van der Waals surface area contributed by atoms with Crippen molar-refractivity contribution in [1.82, 2.24) is 9.55 Å². The molecule has 1 aromatic heterocycles. The van der Waals surface area contributed by atoms with Crippen LogP contribution in [0.3, 0.4) is 0 Å². The summed E-state index contributed by atoms with van der Waals surface area (Å²) < 4.78 is 15.1. The zero-order chi connectivity index (χ0) is 36.0. The van der Waals surface area contributed by atoms with Crippen LogP contribution in [0.1, 0.15) is 67.3 Å². The number of anilines is 2. The molecule has 8 heteroatoms. The highest BCUT2D eigenvalue weighted by molar-refractivity contribution is 5.83. The molecule has 0 spiro atoms. The number of aliphatic hydroxyl groups excluding tert-OH is 1. The molecule has 0 aliphatic rings. The van der Waals surface area contributed by atoms with E-state index in [1.165, 1.54) is 17.7 Å². The first-order valence-electron chi connectivity index (χ1n) is 17.0. The fourth-order valence-electron chi connectivity index (χ4n) is 5.67. The maximum atomic E-state index is 13.5. The van der Waals surface area contributed by atoms with Gasteiger partial charge in [-0.05, 0) is 78.9 Å². The molecule has 3 atom stereocenters. The van der Waals surface area contributed by atoms with Crippen molar-refractivity contribution >= 4 is 22.3 Å². The van der Waals surface area contributed by atoms with Crippen molar-refractivity contribution in [2.24, 2.45) is 11.5 Å². The number of nitrogens with two attached hydrogens (primary N) is 2. The quantitative estimate of drug-likeness (QED) is 0.142. The van der Waals surface area contributed by atoms with Crippen molar-refractivity contribution in [3.63, 3.8) is 0 Å². The van der Waals surface area contributed by atoms with Gasteiger partial charge in [0, 0.05) is 24.5 Å². The Morgan fingerprint density at radius 1 is 0.720 bits per heavy atom. The number of rotatable bonds is 9. The summed E-state index contributed by atoms with van der Waals surface area (Å²) >= 11 is 0. The van der Waals surface area contributed by atoms with Gasteiger partial charge >= 0.3 is 0 Å². The zero-order valence-electron chi connectivity index (χ0n) is 29.3. The number of hydrogen-bond acceptors (Lipinski definition) is 6. The largest absolute Gasteiger partial charge is 0.394 e. The molecular formula is C42H48FN5O2. The highest BCUT2D eigenvalue weighted by Crippen LogP contribution is 2.27. The van der Waals surface area contributed by atoms with E-state index >= 15 is 0 Å². The van der Waals surface area contributed by atoms with Gasteiger partial charge < -0.3 is 21.5 Å². The first-order valence-corrected chi connectivity index (χ1v) is 17.0. The molecule has 0 radical (unpaired) electrons. The third-order valence-electron chi connectivity index (χ3n) is 8.64. The van der Waals surface area contributed by atoms with Crippen LogP contribution in [0.25, 0.3) is 10.9 Å². The predicted molar refractivity (Wildman–Crippen MR) is 204 cm³/mol. The minimum Gasteiger partial charge on any atom is -0.394 e. The summed E-state index contributed by atoms with van der Waals surface area (Å²) in [6, 6.07) is 41.6. The lowest BCUT2D eigenvalue weighted by Gasteiger charge is -2.23. The molecule has 0 amide bonds. The molecule has 0 saturated carbocycles. The summed E-state index contributed by atoms with van der Waals surface area (Å²) in [5.74, 6) is 0.419. The van der Waals surface area contributed by atoms with Gasteiger partial charge in [-0.25, -0.2) is 9.37 Å². The molecule has 7 nitrogen and oxygen atoms in total. The molecular weight excluding hydrogens is 625 g/mol. The molecule has 0 saturated heterocycles. The van der Waals surface area contributed by atoms with Gasteiger partial charge in [-0.3, -0.25) is 9.36 Å². The molecule has 6 rings (SSSR count). The van der Waals surface area contributed by atoms with E-state index in [0.717, 1.165) is 35.3 Å². The van der Waals surface area contributed by atoms with E-state index < -0.39 is 0 Å². The van der Waals surface area contributed by atoms with Crippen molar-refractivity contribution in [3.8, 4) is 0 Å². The van der Waals surface area contributed by atoms with E-state index in [4.69, 9.17) is 21.6 Å². The van der Waals surface area contributed by atoms with Gasteiger partial charge in [-0.2, -0.15) is 0 Å². The Bertz CT molecular complexity index is 1910. The molecule has 0 fully saturated rings. The normalized spacial score (nSPS) is 12.5. The van der Waals surface area contributed by atoms with Crippen LogP contribution in [-0.2, 0) is 0 Å². The topological polar surface area (TPSA) is 110 Å². The van der Waals surface area contributed by atoms with Crippen LogP contribution in [-0.4, -0.2) is 28.3 Å². The van der Waals surface area contributed by atoms with Gasteiger partial charge in [-0.15, -0.1) is 0 Å². The SMILES string of the molecule is CCC(N)c1ccccc1.CCC(c1ccccc1)n1c(C)nc2ccc(N(C)c3ccc(F)cc3)cc2c1=O.NC(CO)c1ccccc1. The molecule has 260 valence electrons. The minimum absolute atomic E-state index is 0.00398. The molecule has 5 aromatic carbocycles. The molecule has 3 unspecified atom stereocenters. The Morgan fingerprint density at radius 3 is 1.72 bits per heavy atom. The van der Waals surface area contributed by atoms with Crippen molar-refractivity contribution in [3.05, 3.63) is 172 Å². The van der Waals surface area contributed by atoms with Crippen molar-refractivity contribution in [2.45, 2.75) is 51.7 Å². The van der Waals surface area contributed by atoms with E-state index in [9.17, 15) is 9.18 Å². The monoisotopic (exact) mass is 673 g/mol. The maximum absolute atomic E-state index is 13.5. The van der Waals surface area contributed by atoms with Gasteiger partial charge in [0.1, 0.15) is 11.6 Å². The summed E-state index contributed by atoms with van der Waals surface area (Å²) in [6.45, 7) is 6.05. The van der Waals surface area contributed by atoms with Gasteiger partial charge in [0.15, 0.2) is 0 Å². The molecule has 0 aliphatic carbocycles. The second-order valence-corrected chi connectivity index (χ2v) is 12.0. The number of benzene rings is 5. The Morgan fingerprint density at radius 2 is 1.22 bits per heavy atom. The summed E-state index contributed by atoms with van der Waals surface area (Å²) in [5.41, 5.74) is 16.9. The number of aliphatic hydroxyl groups is 1. The van der Waals surface area contributed by atoms with Crippen LogP contribution >= 0.6 is 0 Å². The van der Waals surface area contributed by atoms with Crippen molar-refractivity contribution < 1.29 is 9.50 Å². The summed E-state index contributed by atoms with van der Waals surface area (Å²) in [4.78, 5) is 20.2. The van der Waals surface area contributed by atoms with Gasteiger partial charge in [0.2, 0.25) is 0 Å². The van der Waals surface area contributed by atoms with E-state index in [1.54, 1.807) is 16.7 Å². The summed E-state index contributed by atoms with van der Waals surface area (Å²) in [6.07, 6.45) is 1.79. The standard InChI is InChI=1S/C25H24FN3O.C9H13N.C8H11NO/c1-4-24(18-8-6-5-7-9-18)29-17(2)27-23-15-14-21(16-22(23)25(29)30)28(3)20-12-10-19(26)11-13-20;1-2-9(10)8-6-4-3-5-7-8;9-8(6-10)7-4-2-1-3-5-7/h5-16,24H,4H2,1-3H3;3-7,9H,2,10H2,1H3;1-5,8,10H,6,9H2. The molecule has 6 aromatic rings. The lowest BCUT2D eigenvalue weighted by atomic mass is 10.0.